The number of amides is 1. The van der Waals surface area contributed by atoms with Crippen molar-refractivity contribution in [3.8, 4) is 5.75 Å². The molecule has 14 nitrogen and oxygen atoms in total. The molecule has 254 valence electrons. The lowest BCUT2D eigenvalue weighted by Gasteiger charge is -2.27. The molecule has 1 aliphatic heterocycles. The van der Waals surface area contributed by atoms with E-state index in [1.54, 1.807) is 4.57 Å². The number of aromatic amines is 1. The van der Waals surface area contributed by atoms with Crippen molar-refractivity contribution in [1.29, 1.82) is 0 Å². The molecule has 7 rings (SSSR count). The number of fused-ring (bicyclic) bond motifs is 2. The Kier molecular flexibility index (Phi) is 9.31. The average molecular weight is 688 g/mol. The van der Waals surface area contributed by atoms with E-state index in [1.165, 1.54) is 24.8 Å². The molecule has 0 spiro atoms. The van der Waals surface area contributed by atoms with Crippen LogP contribution in [0.25, 0.3) is 22.1 Å². The minimum Gasteiger partial charge on any atom is -0.489 e. The number of hydrogen-bond acceptors (Lipinski definition) is 11. The molecule has 0 saturated carbocycles. The minimum absolute atomic E-state index is 0.0137. The molecular formula is C34H34ClN7O7. The number of H-pyrrole nitrogens is 1. The third-order valence-electron chi connectivity index (χ3n) is 8.74. The molecule has 1 amide bonds. The maximum Gasteiger partial charge on any atom is 0.250 e. The van der Waals surface area contributed by atoms with Gasteiger partial charge in [-0.3, -0.25) is 9.36 Å². The summed E-state index contributed by atoms with van der Waals surface area (Å²) in [5.74, 6) is 0.495. The fourth-order valence-corrected chi connectivity index (χ4v) is 6.28. The van der Waals surface area contributed by atoms with Crippen LogP contribution in [0.15, 0.2) is 90.1 Å². The summed E-state index contributed by atoms with van der Waals surface area (Å²) in [4.78, 5) is 29.8. The van der Waals surface area contributed by atoms with Crippen molar-refractivity contribution < 1.29 is 34.7 Å². The zero-order chi connectivity index (χ0) is 34.1. The summed E-state index contributed by atoms with van der Waals surface area (Å²) in [6.07, 6.45) is 1.66. The summed E-state index contributed by atoms with van der Waals surface area (Å²) in [5, 5.41) is 48.4. The summed E-state index contributed by atoms with van der Waals surface area (Å²) < 4.78 is 13.5. The zero-order valence-electron chi connectivity index (χ0n) is 26.0. The SMILES string of the molecule is O=C(N[C@@H]1[C@H](O)[C@@H](CO)O[C@H]1n1cnc2c(NCCc3c[nH]c4ccc(OCc5ccccc5)cc34)ncnc21)C1=CC=C(Cl)C(O)C1O. The predicted molar refractivity (Wildman–Crippen MR) is 180 cm³/mol. The van der Waals surface area contributed by atoms with Crippen LogP contribution in [0.1, 0.15) is 17.4 Å². The van der Waals surface area contributed by atoms with E-state index in [1.807, 2.05) is 54.7 Å². The van der Waals surface area contributed by atoms with E-state index in [-0.39, 0.29) is 10.6 Å². The molecular weight excluding hydrogens is 654 g/mol. The first-order valence-corrected chi connectivity index (χ1v) is 16.1. The Hall–Kier alpha value is -4.83. The second kappa shape index (κ2) is 14.0. The number of carbonyl (C=O) groups is 1. The van der Waals surface area contributed by atoms with E-state index in [4.69, 9.17) is 21.1 Å². The summed E-state index contributed by atoms with van der Waals surface area (Å²) in [6.45, 7) is 0.475. The van der Waals surface area contributed by atoms with Crippen LogP contribution in [0, 0.1) is 0 Å². The van der Waals surface area contributed by atoms with E-state index < -0.39 is 49.2 Å². The number of allylic oxidation sites excluding steroid dienone is 2. The molecule has 2 aromatic carbocycles. The highest BCUT2D eigenvalue weighted by atomic mass is 35.5. The van der Waals surface area contributed by atoms with Gasteiger partial charge in [-0.05, 0) is 47.9 Å². The number of carbonyl (C=O) groups excluding carboxylic acids is 1. The summed E-state index contributed by atoms with van der Waals surface area (Å²) >= 11 is 5.89. The fraction of sp³-hybridized carbons (Fsp3) is 0.294. The quantitative estimate of drug-likeness (QED) is 0.107. The molecule has 1 saturated heterocycles. The first kappa shape index (κ1) is 32.7. The third kappa shape index (κ3) is 6.49. The lowest BCUT2D eigenvalue weighted by molar-refractivity contribution is -0.121. The topological polar surface area (TPSA) is 200 Å². The van der Waals surface area contributed by atoms with E-state index in [2.05, 4.69) is 30.6 Å². The standard InChI is InChI=1S/C34H34ClN7O7/c35-23-8-7-21(28(44)29(23)45)33(47)41-26-30(46)25(14-43)49-34(26)42-17-40-27-31(38-16-39-32(27)42)36-11-10-19-13-37-24-9-6-20(12-22(19)24)48-15-18-4-2-1-3-5-18/h1-9,12-13,16-17,25-26,28-30,34,37,43-46H,10-11,14-15H2,(H,41,47)(H,36,38,39)/t25-,26-,28?,29?,30-,34-/m1/s1. The average Bonchev–Trinajstić information content (AvgIpc) is 3.82. The second-order valence-corrected chi connectivity index (χ2v) is 12.3. The third-order valence-corrected chi connectivity index (χ3v) is 9.09. The van der Waals surface area contributed by atoms with Crippen LogP contribution in [-0.2, 0) is 22.6 Å². The van der Waals surface area contributed by atoms with Gasteiger partial charge in [-0.25, -0.2) is 15.0 Å². The number of hydrogen-bond donors (Lipinski definition) is 7. The van der Waals surface area contributed by atoms with Gasteiger partial charge in [-0.1, -0.05) is 41.9 Å². The van der Waals surface area contributed by atoms with Gasteiger partial charge in [0.1, 0.15) is 49.1 Å². The highest BCUT2D eigenvalue weighted by Crippen LogP contribution is 2.33. The lowest BCUT2D eigenvalue weighted by atomic mass is 9.97. The Morgan fingerprint density at radius 3 is 2.71 bits per heavy atom. The normalized spacial score (nSPS) is 23.8. The summed E-state index contributed by atoms with van der Waals surface area (Å²) in [5.41, 5.74) is 3.83. The maximum atomic E-state index is 13.2. The molecule has 2 unspecified atom stereocenters. The molecule has 6 atom stereocenters. The van der Waals surface area contributed by atoms with Crippen molar-refractivity contribution in [3.63, 3.8) is 0 Å². The Balaban J connectivity index is 1.06. The van der Waals surface area contributed by atoms with Crippen molar-refractivity contribution >= 4 is 45.4 Å². The van der Waals surface area contributed by atoms with Gasteiger partial charge in [0, 0.05) is 34.2 Å². The highest BCUT2D eigenvalue weighted by molar-refractivity contribution is 6.30. The maximum absolute atomic E-state index is 13.2. The number of aliphatic hydroxyl groups excluding tert-OH is 4. The molecule has 1 aliphatic carbocycles. The number of anilines is 1. The van der Waals surface area contributed by atoms with E-state index in [0.717, 1.165) is 27.8 Å². The van der Waals surface area contributed by atoms with Gasteiger partial charge in [-0.15, -0.1) is 0 Å². The number of benzene rings is 2. The van der Waals surface area contributed by atoms with Crippen LogP contribution in [0.5, 0.6) is 5.75 Å². The molecule has 7 N–H and O–H groups in total. The van der Waals surface area contributed by atoms with Crippen molar-refractivity contribution in [1.82, 2.24) is 29.8 Å². The van der Waals surface area contributed by atoms with Gasteiger partial charge < -0.3 is 45.5 Å². The predicted octanol–water partition coefficient (Wildman–Crippen LogP) is 2.06. The molecule has 0 radical (unpaired) electrons. The van der Waals surface area contributed by atoms with E-state index in [0.29, 0.717) is 36.6 Å². The molecule has 4 heterocycles. The van der Waals surface area contributed by atoms with Gasteiger partial charge in [0.05, 0.1) is 12.9 Å². The van der Waals surface area contributed by atoms with Crippen LogP contribution in [0.4, 0.5) is 5.82 Å². The summed E-state index contributed by atoms with van der Waals surface area (Å²) in [6, 6.07) is 14.9. The van der Waals surface area contributed by atoms with E-state index >= 15 is 0 Å². The van der Waals surface area contributed by atoms with Crippen LogP contribution < -0.4 is 15.4 Å². The first-order chi connectivity index (χ1) is 23.8. The number of nitrogens with one attached hydrogen (secondary N) is 3. The molecule has 3 aromatic heterocycles. The smallest absolute Gasteiger partial charge is 0.250 e. The van der Waals surface area contributed by atoms with Gasteiger partial charge in [0.25, 0.3) is 0 Å². The molecule has 2 aliphatic rings. The Morgan fingerprint density at radius 1 is 1.06 bits per heavy atom. The van der Waals surface area contributed by atoms with Crippen molar-refractivity contribution in [2.45, 2.75) is 49.7 Å². The monoisotopic (exact) mass is 687 g/mol. The molecule has 15 heteroatoms. The van der Waals surface area contributed by atoms with Crippen molar-refractivity contribution in [2.75, 3.05) is 18.5 Å². The van der Waals surface area contributed by atoms with Gasteiger partial charge in [0.15, 0.2) is 23.2 Å². The highest BCUT2D eigenvalue weighted by Gasteiger charge is 2.46. The van der Waals surface area contributed by atoms with Crippen LogP contribution in [-0.4, -0.2) is 94.4 Å². The Labute approximate surface area is 284 Å². The number of halogens is 1. The largest absolute Gasteiger partial charge is 0.489 e. The van der Waals surface area contributed by atoms with Crippen LogP contribution in [0.2, 0.25) is 0 Å². The fourth-order valence-electron chi connectivity index (χ4n) is 6.10. The Bertz CT molecular complexity index is 2030. The molecule has 1 fully saturated rings. The molecule has 5 aromatic rings. The lowest BCUT2D eigenvalue weighted by Crippen LogP contribution is -2.49. The summed E-state index contributed by atoms with van der Waals surface area (Å²) in [7, 11) is 0. The zero-order valence-corrected chi connectivity index (χ0v) is 26.7. The van der Waals surface area contributed by atoms with E-state index in [9.17, 15) is 25.2 Å². The van der Waals surface area contributed by atoms with Gasteiger partial charge in [0.2, 0.25) is 5.91 Å². The number of nitrogens with zero attached hydrogens (tertiary/aromatic N) is 4. The number of aromatic nitrogens is 5. The Morgan fingerprint density at radius 2 is 1.90 bits per heavy atom. The number of aliphatic hydroxyl groups is 4. The first-order valence-electron chi connectivity index (χ1n) is 15.7. The van der Waals surface area contributed by atoms with Crippen molar-refractivity contribution in [2.24, 2.45) is 0 Å². The number of ether oxygens (including phenoxy) is 2. The molecule has 49 heavy (non-hydrogen) atoms. The van der Waals surface area contributed by atoms with Gasteiger partial charge >= 0.3 is 0 Å². The minimum atomic E-state index is -1.57. The number of imidazole rings is 1. The van der Waals surface area contributed by atoms with Crippen LogP contribution >= 0.6 is 11.6 Å². The van der Waals surface area contributed by atoms with Crippen LogP contribution in [0.3, 0.4) is 0 Å². The van der Waals surface area contributed by atoms with Gasteiger partial charge in [-0.2, -0.15) is 0 Å². The second-order valence-electron chi connectivity index (χ2n) is 11.8. The van der Waals surface area contributed by atoms with Crippen molar-refractivity contribution in [3.05, 3.63) is 101 Å². The number of rotatable bonds is 11. The molecule has 0 bridgehead atoms.